The van der Waals surface area contributed by atoms with Crippen LogP contribution in [-0.2, 0) is 4.79 Å². The van der Waals surface area contributed by atoms with Gasteiger partial charge in [0.2, 0.25) is 5.91 Å². The van der Waals surface area contributed by atoms with Crippen LogP contribution in [0.5, 0.6) is 11.5 Å². The van der Waals surface area contributed by atoms with Gasteiger partial charge in [-0.15, -0.1) is 0 Å². The number of aryl methyl sites for hydroxylation is 1. The van der Waals surface area contributed by atoms with E-state index in [4.69, 9.17) is 14.0 Å². The Morgan fingerprint density at radius 1 is 1.28 bits per heavy atom. The highest BCUT2D eigenvalue weighted by Crippen LogP contribution is 2.29. The fourth-order valence-corrected chi connectivity index (χ4v) is 2.59. The predicted octanol–water partition coefficient (Wildman–Crippen LogP) is 3.07. The molecule has 1 amide bonds. The third-order valence-corrected chi connectivity index (χ3v) is 3.96. The molecule has 2 aromatic rings. The molecule has 0 spiro atoms. The Kier molecular flexibility index (Phi) is 6.41. The van der Waals surface area contributed by atoms with E-state index < -0.39 is 0 Å². The topological polar surface area (TPSA) is 85.6 Å². The van der Waals surface area contributed by atoms with Gasteiger partial charge in [0, 0.05) is 17.7 Å². The number of ether oxygens (including phenoxy) is 2. The number of hydrogen-bond donors (Lipinski definition) is 2. The number of nitrogens with one attached hydrogen (secondary N) is 2. The SMILES string of the molecule is CCC(NC(C)c1cc(OC)ccc1OC)C(=O)Nc1cc(C)on1. The van der Waals surface area contributed by atoms with E-state index in [1.807, 2.05) is 32.0 Å². The standard InChI is InChI=1S/C18H25N3O4/c1-6-15(18(22)20-17-9-11(2)25-21-17)19-12(3)14-10-13(23-4)7-8-16(14)24-5/h7-10,12,15,19H,6H2,1-5H3,(H,20,21,22). The first kappa shape index (κ1) is 18.8. The molecule has 0 fully saturated rings. The van der Waals surface area contributed by atoms with E-state index in [-0.39, 0.29) is 18.0 Å². The monoisotopic (exact) mass is 347 g/mol. The minimum Gasteiger partial charge on any atom is -0.497 e. The van der Waals surface area contributed by atoms with Gasteiger partial charge in [-0.25, -0.2) is 0 Å². The smallest absolute Gasteiger partial charge is 0.242 e. The summed E-state index contributed by atoms with van der Waals surface area (Å²) in [5.74, 6) is 2.37. The molecule has 1 aromatic carbocycles. The van der Waals surface area contributed by atoms with Gasteiger partial charge in [0.15, 0.2) is 5.82 Å². The Morgan fingerprint density at radius 3 is 2.60 bits per heavy atom. The second kappa shape index (κ2) is 8.53. The van der Waals surface area contributed by atoms with Crippen LogP contribution in [0.4, 0.5) is 5.82 Å². The van der Waals surface area contributed by atoms with Gasteiger partial charge >= 0.3 is 0 Å². The Hall–Kier alpha value is -2.54. The molecule has 0 saturated heterocycles. The van der Waals surface area contributed by atoms with Crippen molar-refractivity contribution in [1.82, 2.24) is 10.5 Å². The fraction of sp³-hybridized carbons (Fsp3) is 0.444. The maximum Gasteiger partial charge on any atom is 0.242 e. The van der Waals surface area contributed by atoms with Gasteiger partial charge in [-0.1, -0.05) is 12.1 Å². The highest BCUT2D eigenvalue weighted by molar-refractivity contribution is 5.94. The molecule has 2 unspecified atom stereocenters. The van der Waals surface area contributed by atoms with Crippen molar-refractivity contribution >= 4 is 11.7 Å². The van der Waals surface area contributed by atoms with Crippen molar-refractivity contribution in [2.45, 2.75) is 39.3 Å². The van der Waals surface area contributed by atoms with E-state index in [9.17, 15) is 4.79 Å². The van der Waals surface area contributed by atoms with Crippen LogP contribution < -0.4 is 20.1 Å². The number of carbonyl (C=O) groups is 1. The van der Waals surface area contributed by atoms with Crippen molar-refractivity contribution in [3.05, 3.63) is 35.6 Å². The summed E-state index contributed by atoms with van der Waals surface area (Å²) in [5.41, 5.74) is 0.922. The average molecular weight is 347 g/mol. The van der Waals surface area contributed by atoms with Crippen LogP contribution in [0.2, 0.25) is 0 Å². The maximum absolute atomic E-state index is 12.5. The quantitative estimate of drug-likeness (QED) is 0.763. The summed E-state index contributed by atoms with van der Waals surface area (Å²) >= 11 is 0. The Bertz CT molecular complexity index is 714. The normalized spacial score (nSPS) is 13.2. The zero-order valence-electron chi connectivity index (χ0n) is 15.3. The number of benzene rings is 1. The zero-order valence-corrected chi connectivity index (χ0v) is 15.3. The summed E-state index contributed by atoms with van der Waals surface area (Å²) in [6, 6.07) is 6.78. The Labute approximate surface area is 147 Å². The van der Waals surface area contributed by atoms with E-state index in [0.717, 1.165) is 17.1 Å². The zero-order chi connectivity index (χ0) is 18.4. The predicted molar refractivity (Wildman–Crippen MR) is 95.0 cm³/mol. The molecule has 7 nitrogen and oxygen atoms in total. The van der Waals surface area contributed by atoms with Gasteiger partial charge in [0.1, 0.15) is 17.3 Å². The average Bonchev–Trinajstić information content (AvgIpc) is 3.03. The summed E-state index contributed by atoms with van der Waals surface area (Å²) < 4.78 is 15.7. The number of hydrogen-bond acceptors (Lipinski definition) is 6. The van der Waals surface area contributed by atoms with E-state index in [1.54, 1.807) is 27.2 Å². The van der Waals surface area contributed by atoms with Crippen LogP contribution in [0.3, 0.4) is 0 Å². The molecular formula is C18H25N3O4. The summed E-state index contributed by atoms with van der Waals surface area (Å²) in [6.45, 7) is 5.70. The Balaban J connectivity index is 2.11. The number of aromatic nitrogens is 1. The summed E-state index contributed by atoms with van der Waals surface area (Å²) in [5, 5.41) is 9.88. The summed E-state index contributed by atoms with van der Waals surface area (Å²) in [7, 11) is 3.24. The van der Waals surface area contributed by atoms with E-state index in [1.165, 1.54) is 0 Å². The minimum absolute atomic E-state index is 0.111. The maximum atomic E-state index is 12.5. The highest BCUT2D eigenvalue weighted by Gasteiger charge is 2.22. The first-order valence-corrected chi connectivity index (χ1v) is 8.20. The van der Waals surface area contributed by atoms with Crippen LogP contribution in [0.15, 0.2) is 28.8 Å². The number of amides is 1. The highest BCUT2D eigenvalue weighted by atomic mass is 16.5. The van der Waals surface area contributed by atoms with Crippen molar-refractivity contribution < 1.29 is 18.8 Å². The molecule has 0 saturated carbocycles. The van der Waals surface area contributed by atoms with Crippen molar-refractivity contribution in [3.8, 4) is 11.5 Å². The first-order chi connectivity index (χ1) is 12.0. The lowest BCUT2D eigenvalue weighted by Gasteiger charge is -2.23. The molecule has 0 aliphatic rings. The fourth-order valence-electron chi connectivity index (χ4n) is 2.59. The molecule has 1 heterocycles. The van der Waals surface area contributed by atoms with E-state index >= 15 is 0 Å². The van der Waals surface area contributed by atoms with Gasteiger partial charge in [0.25, 0.3) is 0 Å². The molecule has 136 valence electrons. The minimum atomic E-state index is -0.386. The number of anilines is 1. The lowest BCUT2D eigenvalue weighted by atomic mass is 10.0. The van der Waals surface area contributed by atoms with Gasteiger partial charge in [-0.3, -0.25) is 10.1 Å². The van der Waals surface area contributed by atoms with Gasteiger partial charge in [0.05, 0.1) is 20.3 Å². The number of nitrogens with zero attached hydrogens (tertiary/aromatic N) is 1. The molecule has 2 rings (SSSR count). The lowest BCUT2D eigenvalue weighted by molar-refractivity contribution is -0.118. The third kappa shape index (κ3) is 4.73. The first-order valence-electron chi connectivity index (χ1n) is 8.20. The molecule has 7 heteroatoms. The molecule has 0 aliphatic carbocycles. The molecule has 0 radical (unpaired) electrons. The van der Waals surface area contributed by atoms with Gasteiger partial charge in [-0.2, -0.15) is 0 Å². The number of rotatable bonds is 8. The third-order valence-electron chi connectivity index (χ3n) is 3.96. The van der Waals surface area contributed by atoms with Crippen LogP contribution in [-0.4, -0.2) is 31.3 Å². The van der Waals surface area contributed by atoms with Crippen LogP contribution in [0.25, 0.3) is 0 Å². The molecule has 0 aliphatic heterocycles. The second-order valence-corrected chi connectivity index (χ2v) is 5.77. The van der Waals surface area contributed by atoms with Crippen LogP contribution >= 0.6 is 0 Å². The van der Waals surface area contributed by atoms with E-state index in [2.05, 4.69) is 15.8 Å². The van der Waals surface area contributed by atoms with Crippen molar-refractivity contribution in [2.24, 2.45) is 0 Å². The summed E-state index contributed by atoms with van der Waals surface area (Å²) in [6.07, 6.45) is 0.624. The number of methoxy groups -OCH3 is 2. The van der Waals surface area contributed by atoms with Gasteiger partial charge < -0.3 is 19.3 Å². The van der Waals surface area contributed by atoms with E-state index in [0.29, 0.717) is 18.0 Å². The molecular weight excluding hydrogens is 322 g/mol. The summed E-state index contributed by atoms with van der Waals surface area (Å²) in [4.78, 5) is 12.5. The molecule has 2 atom stereocenters. The largest absolute Gasteiger partial charge is 0.497 e. The van der Waals surface area contributed by atoms with Crippen molar-refractivity contribution in [3.63, 3.8) is 0 Å². The molecule has 2 N–H and O–H groups in total. The number of carbonyl (C=O) groups excluding carboxylic acids is 1. The molecule has 1 aromatic heterocycles. The lowest BCUT2D eigenvalue weighted by Crippen LogP contribution is -2.41. The van der Waals surface area contributed by atoms with Crippen LogP contribution in [0, 0.1) is 6.92 Å². The second-order valence-electron chi connectivity index (χ2n) is 5.77. The Morgan fingerprint density at radius 2 is 2.04 bits per heavy atom. The molecule has 0 bridgehead atoms. The molecule has 25 heavy (non-hydrogen) atoms. The van der Waals surface area contributed by atoms with Gasteiger partial charge in [-0.05, 0) is 38.5 Å². The van der Waals surface area contributed by atoms with Crippen molar-refractivity contribution in [2.75, 3.05) is 19.5 Å². The van der Waals surface area contributed by atoms with Crippen LogP contribution in [0.1, 0.15) is 37.6 Å². The van der Waals surface area contributed by atoms with Crippen molar-refractivity contribution in [1.29, 1.82) is 0 Å².